The van der Waals surface area contributed by atoms with Gasteiger partial charge in [-0.2, -0.15) is 0 Å². The lowest BCUT2D eigenvalue weighted by Crippen LogP contribution is -2.27. The Labute approximate surface area is 95.1 Å². The highest BCUT2D eigenvalue weighted by molar-refractivity contribution is 5.06. The van der Waals surface area contributed by atoms with Crippen molar-refractivity contribution in [1.29, 1.82) is 0 Å². The molecule has 0 spiro atoms. The van der Waals surface area contributed by atoms with Gasteiger partial charge in [-0.15, -0.1) is 0 Å². The van der Waals surface area contributed by atoms with Gasteiger partial charge in [-0.05, 0) is 13.3 Å². The van der Waals surface area contributed by atoms with E-state index in [9.17, 15) is 0 Å². The van der Waals surface area contributed by atoms with Crippen molar-refractivity contribution in [2.24, 2.45) is 0 Å². The molecule has 1 saturated heterocycles. The van der Waals surface area contributed by atoms with Crippen LogP contribution in [0.25, 0.3) is 0 Å². The first-order valence-corrected chi connectivity index (χ1v) is 5.56. The van der Waals surface area contributed by atoms with Crippen molar-refractivity contribution < 1.29 is 9.84 Å². The molecule has 0 radical (unpaired) electrons. The van der Waals surface area contributed by atoms with Crippen molar-refractivity contribution in [3.05, 3.63) is 18.1 Å². The lowest BCUT2D eigenvalue weighted by atomic mass is 10.3. The molecule has 0 bridgehead atoms. The molecular formula is C11H17N3O2. The Morgan fingerprint density at radius 3 is 3.06 bits per heavy atom. The van der Waals surface area contributed by atoms with Crippen LogP contribution in [0.1, 0.15) is 12.1 Å². The summed E-state index contributed by atoms with van der Waals surface area (Å²) in [5, 5.41) is 8.83. The molecule has 1 fully saturated rings. The monoisotopic (exact) mass is 223 g/mol. The van der Waals surface area contributed by atoms with Crippen molar-refractivity contribution in [2.75, 3.05) is 26.2 Å². The maximum atomic E-state index is 8.83. The number of hydrogen-bond acceptors (Lipinski definition) is 5. The van der Waals surface area contributed by atoms with Gasteiger partial charge in [-0.3, -0.25) is 9.88 Å². The second kappa shape index (κ2) is 5.23. The first-order valence-electron chi connectivity index (χ1n) is 5.56. The molecule has 0 unspecified atom stereocenters. The third-order valence-corrected chi connectivity index (χ3v) is 2.69. The maximum Gasteiger partial charge on any atom is 0.232 e. The molecular weight excluding hydrogens is 206 g/mol. The molecule has 1 aliphatic heterocycles. The van der Waals surface area contributed by atoms with Crippen LogP contribution in [0.2, 0.25) is 0 Å². The molecule has 2 rings (SSSR count). The van der Waals surface area contributed by atoms with Crippen LogP contribution in [0.15, 0.2) is 12.4 Å². The molecule has 2 heterocycles. The van der Waals surface area contributed by atoms with Crippen molar-refractivity contribution in [3.8, 4) is 5.88 Å². The Hall–Kier alpha value is -1.20. The average molecular weight is 223 g/mol. The first-order chi connectivity index (χ1) is 7.78. The quantitative estimate of drug-likeness (QED) is 0.792. The van der Waals surface area contributed by atoms with Gasteiger partial charge in [-0.1, -0.05) is 0 Å². The van der Waals surface area contributed by atoms with E-state index in [1.54, 1.807) is 12.4 Å². The SMILES string of the molecule is Cc1cnc(O[C@H]2CCN(CCO)C2)cn1. The lowest BCUT2D eigenvalue weighted by Gasteiger charge is -2.14. The lowest BCUT2D eigenvalue weighted by molar-refractivity contribution is 0.176. The Balaban J connectivity index is 1.84. The summed E-state index contributed by atoms with van der Waals surface area (Å²) in [5.74, 6) is 0.585. The van der Waals surface area contributed by atoms with E-state index < -0.39 is 0 Å². The number of likely N-dealkylation sites (tertiary alicyclic amines) is 1. The largest absolute Gasteiger partial charge is 0.472 e. The third-order valence-electron chi connectivity index (χ3n) is 2.69. The molecule has 88 valence electrons. The van der Waals surface area contributed by atoms with E-state index in [0.717, 1.165) is 31.7 Å². The zero-order valence-corrected chi connectivity index (χ0v) is 9.46. The number of nitrogens with zero attached hydrogens (tertiary/aromatic N) is 3. The number of aliphatic hydroxyl groups excluding tert-OH is 1. The fourth-order valence-electron chi connectivity index (χ4n) is 1.85. The van der Waals surface area contributed by atoms with Gasteiger partial charge in [0.05, 0.1) is 24.7 Å². The van der Waals surface area contributed by atoms with Crippen LogP contribution in [-0.2, 0) is 0 Å². The minimum absolute atomic E-state index is 0.170. The fraction of sp³-hybridized carbons (Fsp3) is 0.636. The second-order valence-corrected chi connectivity index (χ2v) is 4.05. The summed E-state index contributed by atoms with van der Waals surface area (Å²) in [6.07, 6.45) is 4.51. The molecule has 16 heavy (non-hydrogen) atoms. The van der Waals surface area contributed by atoms with E-state index in [1.165, 1.54) is 0 Å². The number of rotatable bonds is 4. The summed E-state index contributed by atoms with van der Waals surface area (Å²) in [6, 6.07) is 0. The molecule has 5 heteroatoms. The van der Waals surface area contributed by atoms with E-state index >= 15 is 0 Å². The highest BCUT2D eigenvalue weighted by Crippen LogP contribution is 2.15. The van der Waals surface area contributed by atoms with Crippen molar-refractivity contribution in [3.63, 3.8) is 0 Å². The molecule has 1 aliphatic rings. The fourth-order valence-corrected chi connectivity index (χ4v) is 1.85. The predicted octanol–water partition coefficient (Wildman–Crippen LogP) is 0.230. The van der Waals surface area contributed by atoms with Crippen LogP contribution < -0.4 is 4.74 Å². The van der Waals surface area contributed by atoms with Crippen LogP contribution in [0.3, 0.4) is 0 Å². The van der Waals surface area contributed by atoms with E-state index in [1.807, 2.05) is 6.92 Å². The summed E-state index contributed by atoms with van der Waals surface area (Å²) in [5.41, 5.74) is 0.890. The molecule has 0 saturated carbocycles. The van der Waals surface area contributed by atoms with Gasteiger partial charge in [0.15, 0.2) is 0 Å². The van der Waals surface area contributed by atoms with Gasteiger partial charge in [0.2, 0.25) is 5.88 Å². The molecule has 1 atom stereocenters. The highest BCUT2D eigenvalue weighted by Gasteiger charge is 2.23. The Morgan fingerprint density at radius 2 is 2.38 bits per heavy atom. The number of aliphatic hydroxyl groups is 1. The van der Waals surface area contributed by atoms with Gasteiger partial charge in [0.1, 0.15) is 6.10 Å². The average Bonchev–Trinajstić information content (AvgIpc) is 2.70. The van der Waals surface area contributed by atoms with Gasteiger partial charge < -0.3 is 9.84 Å². The molecule has 1 aromatic rings. The Morgan fingerprint density at radius 1 is 1.50 bits per heavy atom. The van der Waals surface area contributed by atoms with Crippen molar-refractivity contribution in [2.45, 2.75) is 19.4 Å². The number of hydrogen-bond donors (Lipinski definition) is 1. The maximum absolute atomic E-state index is 8.83. The molecule has 1 N–H and O–H groups in total. The van der Waals surface area contributed by atoms with Crippen LogP contribution in [0, 0.1) is 6.92 Å². The zero-order chi connectivity index (χ0) is 11.4. The van der Waals surface area contributed by atoms with E-state index in [0.29, 0.717) is 5.88 Å². The smallest absolute Gasteiger partial charge is 0.232 e. The van der Waals surface area contributed by atoms with Gasteiger partial charge in [0.25, 0.3) is 0 Å². The summed E-state index contributed by atoms with van der Waals surface area (Å²) >= 11 is 0. The third kappa shape index (κ3) is 2.90. The van der Waals surface area contributed by atoms with Crippen LogP contribution in [0.5, 0.6) is 5.88 Å². The summed E-state index contributed by atoms with van der Waals surface area (Å²) in [6.45, 7) is 4.66. The van der Waals surface area contributed by atoms with Crippen LogP contribution in [0.4, 0.5) is 0 Å². The number of aryl methyl sites for hydroxylation is 1. The summed E-state index contributed by atoms with van der Waals surface area (Å²) in [4.78, 5) is 10.5. The van der Waals surface area contributed by atoms with E-state index in [2.05, 4.69) is 14.9 Å². The summed E-state index contributed by atoms with van der Waals surface area (Å²) in [7, 11) is 0. The second-order valence-electron chi connectivity index (χ2n) is 4.05. The zero-order valence-electron chi connectivity index (χ0n) is 9.46. The normalized spacial score (nSPS) is 21.2. The van der Waals surface area contributed by atoms with Crippen LogP contribution >= 0.6 is 0 Å². The van der Waals surface area contributed by atoms with E-state index in [4.69, 9.17) is 9.84 Å². The topological polar surface area (TPSA) is 58.5 Å². The minimum atomic E-state index is 0.170. The number of β-amino-alcohol motifs (C(OH)–C–C–N with tert-alkyl or cyclic N) is 1. The molecule has 0 aliphatic carbocycles. The Kier molecular flexibility index (Phi) is 3.69. The summed E-state index contributed by atoms with van der Waals surface area (Å²) < 4.78 is 5.71. The Bertz CT molecular complexity index is 329. The first kappa shape index (κ1) is 11.3. The number of aromatic nitrogens is 2. The highest BCUT2D eigenvalue weighted by atomic mass is 16.5. The standard InChI is InChI=1S/C11H17N3O2/c1-9-6-13-11(7-12-9)16-10-2-3-14(8-10)4-5-15/h6-7,10,15H,2-5,8H2,1H3/t10-/m0/s1. The molecule has 0 amide bonds. The van der Waals surface area contributed by atoms with E-state index in [-0.39, 0.29) is 12.7 Å². The van der Waals surface area contributed by atoms with Gasteiger partial charge in [-0.25, -0.2) is 4.98 Å². The van der Waals surface area contributed by atoms with Gasteiger partial charge in [0, 0.05) is 19.6 Å². The predicted molar refractivity (Wildman–Crippen MR) is 59.3 cm³/mol. The minimum Gasteiger partial charge on any atom is -0.472 e. The van der Waals surface area contributed by atoms with Crippen LogP contribution in [-0.4, -0.2) is 52.3 Å². The molecule has 5 nitrogen and oxygen atoms in total. The number of ether oxygens (including phenoxy) is 1. The van der Waals surface area contributed by atoms with Crippen molar-refractivity contribution in [1.82, 2.24) is 14.9 Å². The molecule has 1 aromatic heterocycles. The van der Waals surface area contributed by atoms with Crippen molar-refractivity contribution >= 4 is 0 Å². The molecule has 0 aromatic carbocycles. The van der Waals surface area contributed by atoms with Gasteiger partial charge >= 0.3 is 0 Å².